The fraction of sp³-hybridized carbons (Fsp3) is 0.533. The van der Waals surface area contributed by atoms with Crippen LogP contribution in [0.2, 0.25) is 0 Å². The highest BCUT2D eigenvalue weighted by atomic mass is 16.5. The number of H-pyrrole nitrogens is 2. The standard InChI is InChI=1S/C15H21N5O2/c1-11-14(18-9-16-11)8-20-4-5-22-13(7-20)3-2-12-6-15(21)19-10-17-12/h6,9-10,13H,2-5,7-8H2,1H3,(H,16,18)(H,17,19,21). The van der Waals surface area contributed by atoms with Gasteiger partial charge in [0.15, 0.2) is 0 Å². The first-order valence-electron chi connectivity index (χ1n) is 7.57. The Labute approximate surface area is 128 Å². The second-order valence-electron chi connectivity index (χ2n) is 5.64. The van der Waals surface area contributed by atoms with Crippen molar-refractivity contribution in [2.45, 2.75) is 32.4 Å². The summed E-state index contributed by atoms with van der Waals surface area (Å²) < 4.78 is 5.83. The van der Waals surface area contributed by atoms with Gasteiger partial charge in [0.1, 0.15) is 0 Å². The molecule has 0 amide bonds. The summed E-state index contributed by atoms with van der Waals surface area (Å²) in [6.07, 6.45) is 4.98. The predicted octanol–water partition coefficient (Wildman–Crippen LogP) is 0.635. The molecule has 0 aliphatic carbocycles. The van der Waals surface area contributed by atoms with Gasteiger partial charge in [0.25, 0.3) is 5.56 Å². The summed E-state index contributed by atoms with van der Waals surface area (Å²) in [6, 6.07) is 1.55. The van der Waals surface area contributed by atoms with Crippen molar-refractivity contribution >= 4 is 0 Å². The number of aromatic amines is 2. The smallest absolute Gasteiger partial charge is 0.250 e. The summed E-state index contributed by atoms with van der Waals surface area (Å²) in [5, 5.41) is 0. The second-order valence-corrected chi connectivity index (χ2v) is 5.64. The zero-order valence-electron chi connectivity index (χ0n) is 12.7. The van der Waals surface area contributed by atoms with Gasteiger partial charge in [-0.1, -0.05) is 0 Å². The fourth-order valence-corrected chi connectivity index (χ4v) is 2.71. The van der Waals surface area contributed by atoms with Crippen LogP contribution in [-0.4, -0.2) is 50.6 Å². The number of rotatable bonds is 5. The molecule has 0 spiro atoms. The lowest BCUT2D eigenvalue weighted by Gasteiger charge is -2.32. The number of ether oxygens (including phenoxy) is 1. The Hall–Kier alpha value is -1.99. The average Bonchev–Trinajstić information content (AvgIpc) is 2.91. The summed E-state index contributed by atoms with van der Waals surface area (Å²) >= 11 is 0. The van der Waals surface area contributed by atoms with Crippen molar-refractivity contribution in [3.8, 4) is 0 Å². The van der Waals surface area contributed by atoms with E-state index < -0.39 is 0 Å². The number of imidazole rings is 1. The third kappa shape index (κ3) is 3.80. The van der Waals surface area contributed by atoms with Crippen LogP contribution in [0.25, 0.3) is 0 Å². The lowest BCUT2D eigenvalue weighted by atomic mass is 10.1. The van der Waals surface area contributed by atoms with Crippen LogP contribution < -0.4 is 5.56 Å². The molecular weight excluding hydrogens is 282 g/mol. The monoisotopic (exact) mass is 303 g/mol. The largest absolute Gasteiger partial charge is 0.376 e. The number of hydrogen-bond donors (Lipinski definition) is 2. The van der Waals surface area contributed by atoms with Crippen molar-refractivity contribution in [2.24, 2.45) is 0 Å². The predicted molar refractivity (Wildman–Crippen MR) is 81.5 cm³/mol. The SMILES string of the molecule is Cc1[nH]cnc1CN1CCOC(CCc2cc(=O)[nH]cn2)C1. The van der Waals surface area contributed by atoms with Gasteiger partial charge in [-0.15, -0.1) is 0 Å². The molecule has 0 saturated carbocycles. The Bertz CT molecular complexity index is 666. The van der Waals surface area contributed by atoms with Crippen molar-refractivity contribution in [1.29, 1.82) is 0 Å². The van der Waals surface area contributed by atoms with E-state index in [1.165, 1.54) is 6.33 Å². The molecule has 0 aromatic carbocycles. The number of hydrogen-bond acceptors (Lipinski definition) is 5. The molecule has 1 fully saturated rings. The Kier molecular flexibility index (Phi) is 4.65. The van der Waals surface area contributed by atoms with Crippen LogP contribution in [0.4, 0.5) is 0 Å². The Morgan fingerprint density at radius 2 is 2.23 bits per heavy atom. The van der Waals surface area contributed by atoms with E-state index in [-0.39, 0.29) is 11.7 Å². The Morgan fingerprint density at radius 3 is 3.00 bits per heavy atom. The minimum absolute atomic E-state index is 0.106. The van der Waals surface area contributed by atoms with Crippen LogP contribution in [0.1, 0.15) is 23.5 Å². The van der Waals surface area contributed by atoms with Gasteiger partial charge in [-0.25, -0.2) is 9.97 Å². The fourth-order valence-electron chi connectivity index (χ4n) is 2.71. The van der Waals surface area contributed by atoms with Crippen molar-refractivity contribution < 1.29 is 4.74 Å². The first kappa shape index (κ1) is 14.9. The topological polar surface area (TPSA) is 86.9 Å². The van der Waals surface area contributed by atoms with Gasteiger partial charge in [-0.3, -0.25) is 9.69 Å². The number of morpholine rings is 1. The quantitative estimate of drug-likeness (QED) is 0.846. The van der Waals surface area contributed by atoms with Crippen LogP contribution in [0.3, 0.4) is 0 Å². The first-order valence-corrected chi connectivity index (χ1v) is 7.57. The van der Waals surface area contributed by atoms with Crippen LogP contribution >= 0.6 is 0 Å². The van der Waals surface area contributed by atoms with E-state index in [1.54, 1.807) is 12.4 Å². The van der Waals surface area contributed by atoms with Crippen LogP contribution in [0.15, 0.2) is 23.5 Å². The van der Waals surface area contributed by atoms with Crippen molar-refractivity contribution in [1.82, 2.24) is 24.8 Å². The maximum atomic E-state index is 11.3. The average molecular weight is 303 g/mol. The van der Waals surface area contributed by atoms with Gasteiger partial charge in [0.05, 0.1) is 31.1 Å². The van der Waals surface area contributed by atoms with Crippen LogP contribution in [0.5, 0.6) is 0 Å². The molecule has 7 heteroatoms. The van der Waals surface area contributed by atoms with E-state index in [4.69, 9.17) is 4.74 Å². The first-order chi connectivity index (χ1) is 10.7. The van der Waals surface area contributed by atoms with Crippen molar-refractivity contribution in [2.75, 3.05) is 19.7 Å². The molecule has 3 heterocycles. The highest BCUT2D eigenvalue weighted by molar-refractivity contribution is 5.08. The van der Waals surface area contributed by atoms with Gasteiger partial charge >= 0.3 is 0 Å². The number of aryl methyl sites for hydroxylation is 2. The minimum atomic E-state index is -0.106. The molecule has 2 aromatic heterocycles. The van der Waals surface area contributed by atoms with Gasteiger partial charge in [-0.05, 0) is 19.8 Å². The second kappa shape index (κ2) is 6.85. The Morgan fingerprint density at radius 1 is 1.36 bits per heavy atom. The zero-order valence-corrected chi connectivity index (χ0v) is 12.7. The highest BCUT2D eigenvalue weighted by Crippen LogP contribution is 2.14. The maximum absolute atomic E-state index is 11.3. The number of nitrogens with zero attached hydrogens (tertiary/aromatic N) is 3. The maximum Gasteiger partial charge on any atom is 0.250 e. The van der Waals surface area contributed by atoms with Gasteiger partial charge in [0, 0.05) is 37.1 Å². The minimum Gasteiger partial charge on any atom is -0.376 e. The van der Waals surface area contributed by atoms with E-state index in [2.05, 4.69) is 24.8 Å². The molecule has 1 aliphatic rings. The molecule has 118 valence electrons. The molecule has 3 rings (SSSR count). The molecule has 1 unspecified atom stereocenters. The molecule has 0 bridgehead atoms. The third-order valence-electron chi connectivity index (χ3n) is 3.99. The van der Waals surface area contributed by atoms with Crippen molar-refractivity contribution in [3.63, 3.8) is 0 Å². The van der Waals surface area contributed by atoms with Gasteiger partial charge in [-0.2, -0.15) is 0 Å². The summed E-state index contributed by atoms with van der Waals surface area (Å²) in [5.41, 5.74) is 2.92. The van der Waals surface area contributed by atoms with Crippen LogP contribution in [-0.2, 0) is 17.7 Å². The summed E-state index contributed by atoms with van der Waals surface area (Å²) in [5.74, 6) is 0. The Balaban J connectivity index is 1.52. The summed E-state index contributed by atoms with van der Waals surface area (Å²) in [6.45, 7) is 5.43. The molecular formula is C15H21N5O2. The van der Waals surface area contributed by atoms with Crippen molar-refractivity contribution in [3.05, 3.63) is 46.2 Å². The highest BCUT2D eigenvalue weighted by Gasteiger charge is 2.21. The van der Waals surface area contributed by atoms with E-state index in [9.17, 15) is 4.79 Å². The van der Waals surface area contributed by atoms with E-state index in [0.29, 0.717) is 0 Å². The molecule has 7 nitrogen and oxygen atoms in total. The summed E-state index contributed by atoms with van der Waals surface area (Å²) in [4.78, 5) is 27.8. The normalized spacial score (nSPS) is 19.4. The molecule has 1 saturated heterocycles. The summed E-state index contributed by atoms with van der Waals surface area (Å²) in [7, 11) is 0. The van der Waals surface area contributed by atoms with E-state index in [1.807, 2.05) is 6.92 Å². The molecule has 0 radical (unpaired) electrons. The molecule has 1 aliphatic heterocycles. The molecule has 2 aromatic rings. The number of nitrogens with one attached hydrogen (secondary N) is 2. The van der Waals surface area contributed by atoms with Gasteiger partial charge in [0.2, 0.25) is 0 Å². The zero-order chi connectivity index (χ0) is 15.4. The lowest BCUT2D eigenvalue weighted by Crippen LogP contribution is -2.42. The molecule has 2 N–H and O–H groups in total. The molecule has 22 heavy (non-hydrogen) atoms. The van der Waals surface area contributed by atoms with Crippen LogP contribution in [0, 0.1) is 6.92 Å². The van der Waals surface area contributed by atoms with Gasteiger partial charge < -0.3 is 14.7 Å². The molecule has 1 atom stereocenters. The lowest BCUT2D eigenvalue weighted by molar-refractivity contribution is -0.0350. The number of aromatic nitrogens is 4. The third-order valence-corrected chi connectivity index (χ3v) is 3.99. The van der Waals surface area contributed by atoms with E-state index in [0.717, 1.165) is 56.2 Å². The van der Waals surface area contributed by atoms with E-state index >= 15 is 0 Å².